The molecule has 1 aromatic rings. The van der Waals surface area contributed by atoms with E-state index in [0.29, 0.717) is 6.54 Å². The van der Waals surface area contributed by atoms with E-state index in [1.165, 1.54) is 12.1 Å². The normalized spacial score (nSPS) is 11.7. The summed E-state index contributed by atoms with van der Waals surface area (Å²) < 4.78 is 37.9. The van der Waals surface area contributed by atoms with Crippen LogP contribution in [0.2, 0.25) is 0 Å². The van der Waals surface area contributed by atoms with Gasteiger partial charge in [-0.15, -0.1) is 0 Å². The summed E-state index contributed by atoms with van der Waals surface area (Å²) >= 11 is 2.83. The minimum atomic E-state index is -4.48. The Kier molecular flexibility index (Phi) is 4.78. The average molecular weight is 324 g/mol. The van der Waals surface area contributed by atoms with Crippen molar-refractivity contribution < 1.29 is 18.0 Å². The SMILES string of the molecule is CC(C)CNC(=O)c1ccc(Br)c(C(F)(F)F)c1. The van der Waals surface area contributed by atoms with E-state index in [9.17, 15) is 18.0 Å². The van der Waals surface area contributed by atoms with Gasteiger partial charge in [0, 0.05) is 16.6 Å². The second kappa shape index (κ2) is 5.73. The van der Waals surface area contributed by atoms with Crippen LogP contribution in [0.25, 0.3) is 0 Å². The second-order valence-electron chi connectivity index (χ2n) is 4.30. The molecule has 1 rings (SSSR count). The summed E-state index contributed by atoms with van der Waals surface area (Å²) in [6, 6.07) is 3.43. The Bertz CT molecular complexity index is 443. The van der Waals surface area contributed by atoms with Crippen LogP contribution in [0.15, 0.2) is 22.7 Å². The van der Waals surface area contributed by atoms with E-state index in [0.717, 1.165) is 6.07 Å². The number of hydrogen-bond acceptors (Lipinski definition) is 1. The number of carbonyl (C=O) groups is 1. The highest BCUT2D eigenvalue weighted by atomic mass is 79.9. The van der Waals surface area contributed by atoms with Crippen LogP contribution in [0, 0.1) is 5.92 Å². The zero-order chi connectivity index (χ0) is 13.9. The fourth-order valence-electron chi connectivity index (χ4n) is 1.28. The molecule has 1 aromatic carbocycles. The summed E-state index contributed by atoms with van der Waals surface area (Å²) in [5, 5.41) is 2.57. The van der Waals surface area contributed by atoms with Gasteiger partial charge < -0.3 is 5.32 Å². The smallest absolute Gasteiger partial charge is 0.352 e. The predicted molar refractivity (Wildman–Crippen MR) is 66.3 cm³/mol. The van der Waals surface area contributed by atoms with Gasteiger partial charge in [0.1, 0.15) is 0 Å². The van der Waals surface area contributed by atoms with Crippen molar-refractivity contribution in [2.24, 2.45) is 5.92 Å². The lowest BCUT2D eigenvalue weighted by Gasteiger charge is -2.12. The molecule has 0 aliphatic heterocycles. The first-order chi connectivity index (χ1) is 8.21. The second-order valence-corrected chi connectivity index (χ2v) is 5.15. The number of alkyl halides is 3. The third kappa shape index (κ3) is 4.01. The fraction of sp³-hybridized carbons (Fsp3) is 0.417. The van der Waals surface area contributed by atoms with Gasteiger partial charge in [-0.3, -0.25) is 4.79 Å². The van der Waals surface area contributed by atoms with Crippen LogP contribution in [-0.2, 0) is 6.18 Å². The summed E-state index contributed by atoms with van der Waals surface area (Å²) in [5.74, 6) is -0.256. The average Bonchev–Trinajstić information content (AvgIpc) is 2.24. The maximum atomic E-state index is 12.6. The highest BCUT2D eigenvalue weighted by Crippen LogP contribution is 2.35. The first-order valence-corrected chi connectivity index (χ1v) is 6.16. The number of nitrogens with one attached hydrogen (secondary N) is 1. The largest absolute Gasteiger partial charge is 0.417 e. The molecule has 0 saturated carbocycles. The molecule has 1 N–H and O–H groups in total. The van der Waals surface area contributed by atoms with E-state index in [-0.39, 0.29) is 16.0 Å². The lowest BCUT2D eigenvalue weighted by molar-refractivity contribution is -0.138. The molecular formula is C12H13BrF3NO. The maximum Gasteiger partial charge on any atom is 0.417 e. The van der Waals surface area contributed by atoms with E-state index in [1.807, 2.05) is 13.8 Å². The van der Waals surface area contributed by atoms with E-state index in [4.69, 9.17) is 0 Å². The summed E-state index contributed by atoms with van der Waals surface area (Å²) in [6.07, 6.45) is -4.48. The summed E-state index contributed by atoms with van der Waals surface area (Å²) in [4.78, 5) is 11.6. The molecule has 0 spiro atoms. The van der Waals surface area contributed by atoms with Crippen molar-refractivity contribution in [3.8, 4) is 0 Å². The molecule has 0 heterocycles. The highest BCUT2D eigenvalue weighted by molar-refractivity contribution is 9.10. The van der Waals surface area contributed by atoms with E-state index < -0.39 is 17.6 Å². The van der Waals surface area contributed by atoms with Crippen molar-refractivity contribution >= 4 is 21.8 Å². The topological polar surface area (TPSA) is 29.1 Å². The van der Waals surface area contributed by atoms with Crippen LogP contribution < -0.4 is 5.32 Å². The maximum absolute atomic E-state index is 12.6. The molecule has 0 unspecified atom stereocenters. The fourth-order valence-corrected chi connectivity index (χ4v) is 1.75. The number of rotatable bonds is 3. The molecule has 0 saturated heterocycles. The quantitative estimate of drug-likeness (QED) is 0.899. The molecule has 2 nitrogen and oxygen atoms in total. The molecule has 0 bridgehead atoms. The number of halogens is 4. The van der Waals surface area contributed by atoms with Gasteiger partial charge in [0.2, 0.25) is 0 Å². The number of hydrogen-bond donors (Lipinski definition) is 1. The summed E-state index contributed by atoms with van der Waals surface area (Å²) in [6.45, 7) is 4.24. The number of benzene rings is 1. The van der Waals surface area contributed by atoms with Crippen LogP contribution in [0.4, 0.5) is 13.2 Å². The van der Waals surface area contributed by atoms with E-state index >= 15 is 0 Å². The molecule has 0 aliphatic carbocycles. The van der Waals surface area contributed by atoms with E-state index in [1.54, 1.807) is 0 Å². The third-order valence-corrected chi connectivity index (χ3v) is 2.90. The molecule has 18 heavy (non-hydrogen) atoms. The zero-order valence-electron chi connectivity index (χ0n) is 9.94. The predicted octanol–water partition coefficient (Wildman–Crippen LogP) is 3.85. The van der Waals surface area contributed by atoms with Crippen molar-refractivity contribution in [2.75, 3.05) is 6.54 Å². The van der Waals surface area contributed by atoms with Crippen molar-refractivity contribution in [3.05, 3.63) is 33.8 Å². The molecule has 1 amide bonds. The number of carbonyl (C=O) groups excluding carboxylic acids is 1. The van der Waals surface area contributed by atoms with Crippen molar-refractivity contribution in [1.82, 2.24) is 5.32 Å². The van der Waals surface area contributed by atoms with Gasteiger partial charge in [-0.25, -0.2) is 0 Å². The first-order valence-electron chi connectivity index (χ1n) is 5.36. The number of amides is 1. The molecule has 0 aromatic heterocycles. The molecule has 6 heteroatoms. The van der Waals surface area contributed by atoms with Crippen LogP contribution in [0.1, 0.15) is 29.8 Å². The summed E-state index contributed by atoms with van der Waals surface area (Å²) in [5.41, 5.74) is -0.842. The van der Waals surface area contributed by atoms with Crippen molar-refractivity contribution in [1.29, 1.82) is 0 Å². The van der Waals surface area contributed by atoms with Gasteiger partial charge in [-0.05, 0) is 24.1 Å². The molecule has 0 atom stereocenters. The Morgan fingerprint density at radius 3 is 2.50 bits per heavy atom. The first kappa shape index (κ1) is 15.0. The lowest BCUT2D eigenvalue weighted by atomic mass is 10.1. The van der Waals surface area contributed by atoms with Crippen LogP contribution in [0.5, 0.6) is 0 Å². The van der Waals surface area contributed by atoms with Crippen LogP contribution in [-0.4, -0.2) is 12.5 Å². The van der Waals surface area contributed by atoms with Gasteiger partial charge in [0.25, 0.3) is 5.91 Å². The van der Waals surface area contributed by atoms with Crippen molar-refractivity contribution in [2.45, 2.75) is 20.0 Å². The minimum Gasteiger partial charge on any atom is -0.352 e. The molecular weight excluding hydrogens is 311 g/mol. The molecule has 0 radical (unpaired) electrons. The van der Waals surface area contributed by atoms with Gasteiger partial charge in [0.05, 0.1) is 5.56 Å². The van der Waals surface area contributed by atoms with Gasteiger partial charge in [0.15, 0.2) is 0 Å². The minimum absolute atomic E-state index is 0.00572. The van der Waals surface area contributed by atoms with Crippen molar-refractivity contribution in [3.63, 3.8) is 0 Å². The highest BCUT2D eigenvalue weighted by Gasteiger charge is 2.33. The Morgan fingerprint density at radius 2 is 2.00 bits per heavy atom. The third-order valence-electron chi connectivity index (χ3n) is 2.20. The molecule has 100 valence electrons. The van der Waals surface area contributed by atoms with Gasteiger partial charge >= 0.3 is 6.18 Å². The van der Waals surface area contributed by atoms with Crippen LogP contribution in [0.3, 0.4) is 0 Å². The van der Waals surface area contributed by atoms with Gasteiger partial charge in [-0.1, -0.05) is 29.8 Å². The van der Waals surface area contributed by atoms with E-state index in [2.05, 4.69) is 21.2 Å². The Hall–Kier alpha value is -1.04. The standard InChI is InChI=1S/C12H13BrF3NO/c1-7(2)6-17-11(18)8-3-4-10(13)9(5-8)12(14,15)16/h3-5,7H,6H2,1-2H3,(H,17,18). The molecule has 0 fully saturated rings. The zero-order valence-corrected chi connectivity index (χ0v) is 11.5. The Labute approximate surface area is 112 Å². The summed E-state index contributed by atoms with van der Waals surface area (Å²) in [7, 11) is 0. The Balaban J connectivity index is 2.95. The molecule has 0 aliphatic rings. The Morgan fingerprint density at radius 1 is 1.39 bits per heavy atom. The van der Waals surface area contributed by atoms with Crippen LogP contribution >= 0.6 is 15.9 Å². The van der Waals surface area contributed by atoms with Gasteiger partial charge in [-0.2, -0.15) is 13.2 Å². The lowest BCUT2D eigenvalue weighted by Crippen LogP contribution is -2.27. The monoisotopic (exact) mass is 323 g/mol.